The zero-order valence-electron chi connectivity index (χ0n) is 40.0. The number of aliphatic imine (C=N–C) groups is 2. The molecule has 4 aliphatic rings. The normalized spacial score (nSPS) is 19.5. The lowest BCUT2D eigenvalue weighted by Gasteiger charge is -2.19. The second-order valence-corrected chi connectivity index (χ2v) is 20.3. The van der Waals surface area contributed by atoms with Gasteiger partial charge in [0.15, 0.2) is 24.2 Å². The van der Waals surface area contributed by atoms with Gasteiger partial charge in [0.05, 0.1) is 58.0 Å². The monoisotopic (exact) mass is 1030 g/mol. The van der Waals surface area contributed by atoms with E-state index in [4.69, 9.17) is 44.0 Å². The number of tetrazole rings is 1. The summed E-state index contributed by atoms with van der Waals surface area (Å²) in [6, 6.07) is 38.3. The Hall–Kier alpha value is -8.84. The number of nitriles is 1. The van der Waals surface area contributed by atoms with Gasteiger partial charge in [-0.15, -0.1) is 5.10 Å². The number of aromatic nitrogens is 8. The molecule has 0 bridgehead atoms. The molecular formula is C55H45Cl2N16O2+. The minimum absolute atomic E-state index is 0.0496. The molecule has 0 radical (unpaired) electrons. The van der Waals surface area contributed by atoms with Crippen molar-refractivity contribution in [2.24, 2.45) is 43.9 Å². The lowest BCUT2D eigenvalue weighted by molar-refractivity contribution is -0.615. The molecule has 4 aromatic carbocycles. The quantitative estimate of drug-likeness (QED) is 0.0189. The highest BCUT2D eigenvalue weighted by atomic mass is 35.5. The molecule has 20 heteroatoms. The second kappa shape index (κ2) is 19.5. The van der Waals surface area contributed by atoms with Crippen LogP contribution in [0.5, 0.6) is 0 Å². The average molecular weight is 1030 g/mol. The van der Waals surface area contributed by atoms with Gasteiger partial charge in [-0.3, -0.25) is 10.8 Å². The summed E-state index contributed by atoms with van der Waals surface area (Å²) in [6.07, 6.45) is 12.5. The third-order valence-electron chi connectivity index (χ3n) is 14.7. The number of H-pyrrole nitrogens is 1. The van der Waals surface area contributed by atoms with Crippen LogP contribution in [0.4, 0.5) is 5.69 Å². The van der Waals surface area contributed by atoms with Crippen LogP contribution in [0.15, 0.2) is 154 Å². The first-order valence-electron chi connectivity index (χ1n) is 24.6. The van der Waals surface area contributed by atoms with Crippen molar-refractivity contribution in [1.29, 1.82) is 5.26 Å². The first-order chi connectivity index (χ1) is 36.6. The Balaban J connectivity index is 0.774. The minimum Gasteiger partial charge on any atom is -0.618 e. The Morgan fingerprint density at radius 2 is 1.61 bits per heavy atom. The largest absolute Gasteiger partial charge is 0.618 e. The highest BCUT2D eigenvalue weighted by molar-refractivity contribution is 6.31. The number of hydrogen-bond donors (Lipinski definition) is 3. The number of imidazole rings is 1. The number of hydrogen-bond acceptors (Lipinski definition) is 11. The molecule has 1 aliphatic heterocycles. The summed E-state index contributed by atoms with van der Waals surface area (Å²) >= 11 is 13.0. The number of benzene rings is 4. The highest BCUT2D eigenvalue weighted by Gasteiger charge is 2.67. The van der Waals surface area contributed by atoms with Crippen LogP contribution in [-0.4, -0.2) is 48.5 Å². The van der Waals surface area contributed by atoms with Gasteiger partial charge in [0, 0.05) is 44.1 Å². The van der Waals surface area contributed by atoms with Gasteiger partial charge in [0.2, 0.25) is 11.4 Å². The molecule has 4 aromatic heterocycles. The number of rotatable bonds is 13. The van der Waals surface area contributed by atoms with Crippen LogP contribution in [0, 0.1) is 45.6 Å². The van der Waals surface area contributed by atoms with Gasteiger partial charge >= 0.3 is 5.96 Å². The van der Waals surface area contributed by atoms with E-state index in [1.54, 1.807) is 59.5 Å². The zero-order chi connectivity index (χ0) is 51.2. The van der Waals surface area contributed by atoms with Crippen LogP contribution in [-0.2, 0) is 5.41 Å². The maximum absolute atomic E-state index is 14.1. The van der Waals surface area contributed by atoms with E-state index < -0.39 is 5.41 Å². The summed E-state index contributed by atoms with van der Waals surface area (Å²) in [7, 11) is 0. The van der Waals surface area contributed by atoms with E-state index >= 15 is 0 Å². The number of pyridine rings is 2. The van der Waals surface area contributed by atoms with Gasteiger partial charge in [0.1, 0.15) is 29.3 Å². The van der Waals surface area contributed by atoms with Crippen molar-refractivity contribution in [3.63, 3.8) is 0 Å². The molecule has 8 aromatic rings. The third kappa shape index (κ3) is 9.53. The molecular weight excluding hydrogens is 988 g/mol. The number of nitrogens with two attached hydrogens (primary N) is 1. The topological polar surface area (TPSA) is 242 Å². The number of guanidine groups is 1. The zero-order valence-corrected chi connectivity index (χ0v) is 41.5. The Morgan fingerprint density at radius 3 is 2.33 bits per heavy atom. The molecule has 0 saturated heterocycles. The fraction of sp³-hybridized carbons (Fsp3) is 0.236. The Bertz CT molecular complexity index is 3700. The van der Waals surface area contributed by atoms with Crippen molar-refractivity contribution >= 4 is 40.7 Å². The fourth-order valence-electron chi connectivity index (χ4n) is 10.5. The van der Waals surface area contributed by atoms with E-state index in [-0.39, 0.29) is 23.8 Å². The van der Waals surface area contributed by atoms with Crippen molar-refractivity contribution in [3.05, 3.63) is 193 Å². The molecule has 12 rings (SSSR count). The molecule has 3 fully saturated rings. The van der Waals surface area contributed by atoms with Crippen LogP contribution < -0.4 is 20.6 Å². The standard InChI is InChI=1S/C55H44Cl2N16O2/c56-40-15-17-46(42(22-40)38-13-18-50(72(74)29-38)44(21-32-1-2-32)52-60-27-47(64-52)36-7-3-33(25-58)4-8-36)66-54(67-68-59)62-26-34-5-9-37(10-6-34)48-28-61-53(65-48)55(24-45(55)35-11-12-35)51-20-14-39(30-73(51)75)43-23-41(57)16-19-49(43)71-31-63-69-70-71/h3-10,13-20,22-23,28-32,35,44-45,47H,1-2,11-12,21,24,27H2,(H3,59,60,64,66,67)/p+1. The number of nitrogens with one attached hydrogen (secondary N) is 2. The van der Waals surface area contributed by atoms with E-state index in [0.29, 0.717) is 79.0 Å². The molecule has 3 aliphatic carbocycles. The minimum atomic E-state index is -0.565. The Kier molecular flexibility index (Phi) is 12.3. The van der Waals surface area contributed by atoms with Crippen molar-refractivity contribution in [2.45, 2.75) is 55.9 Å². The number of nitrogens with zero attached hydrogens (tertiary/aromatic N) is 13. The molecule has 4 N–H and O–H groups in total. The average Bonchev–Trinajstić information content (AvgIpc) is 4.39. The summed E-state index contributed by atoms with van der Waals surface area (Å²) < 4.78 is 3.41. The molecule has 0 amide bonds. The predicted molar refractivity (Wildman–Crippen MR) is 282 cm³/mol. The first-order valence-corrected chi connectivity index (χ1v) is 25.3. The number of amidine groups is 1. The summed E-state index contributed by atoms with van der Waals surface area (Å²) in [4.78, 5) is 22.5. The summed E-state index contributed by atoms with van der Waals surface area (Å²) in [5, 5.41) is 61.0. The van der Waals surface area contributed by atoms with E-state index in [1.165, 1.54) is 12.5 Å². The van der Waals surface area contributed by atoms with Crippen LogP contribution >= 0.6 is 23.2 Å². The maximum Gasteiger partial charge on any atom is 0.555 e. The van der Waals surface area contributed by atoms with E-state index in [9.17, 15) is 15.7 Å². The predicted octanol–water partition coefficient (Wildman–Crippen LogP) is 9.87. The molecule has 4 atom stereocenters. The number of aromatic amines is 1. The fourth-order valence-corrected chi connectivity index (χ4v) is 10.8. The molecule has 4 unspecified atom stereocenters. The van der Waals surface area contributed by atoms with Crippen LogP contribution in [0.1, 0.15) is 84.4 Å². The van der Waals surface area contributed by atoms with Crippen molar-refractivity contribution in [2.75, 3.05) is 6.54 Å². The summed E-state index contributed by atoms with van der Waals surface area (Å²) in [5.41, 5.74) is 8.27. The van der Waals surface area contributed by atoms with E-state index in [1.807, 2.05) is 66.7 Å². The number of halogens is 2. The lowest BCUT2D eigenvalue weighted by Crippen LogP contribution is -2.38. The SMILES string of the molecule is N#Cc1ccc(C2CN=C(C(CC3CC3)c3ccc(-c4cc(Cl)ccc4N=C(N=NN)[N+]#Cc4ccc(-c5cnc(C6(c7ccc(-c8cc(Cl)ccc8-n8cnnn8)c[n+]7[O-])CC6C6CC6)[nH]5)cc4)c[n+]3[O-])N2)cc1. The van der Waals surface area contributed by atoms with Crippen molar-refractivity contribution in [1.82, 2.24) is 35.5 Å². The second-order valence-electron chi connectivity index (χ2n) is 19.5. The lowest BCUT2D eigenvalue weighted by atomic mass is 9.94. The van der Waals surface area contributed by atoms with Crippen molar-refractivity contribution < 1.29 is 9.46 Å². The van der Waals surface area contributed by atoms with Gasteiger partial charge in [-0.1, -0.05) is 65.3 Å². The third-order valence-corrected chi connectivity index (χ3v) is 15.1. The van der Waals surface area contributed by atoms with Gasteiger partial charge in [-0.25, -0.2) is 4.98 Å². The van der Waals surface area contributed by atoms with Crippen molar-refractivity contribution in [3.8, 4) is 51.3 Å². The maximum atomic E-state index is 14.1. The summed E-state index contributed by atoms with van der Waals surface area (Å²) in [5.74, 6) is 8.11. The van der Waals surface area contributed by atoms with Gasteiger partial charge in [-0.2, -0.15) is 24.2 Å². The Morgan fingerprint density at radius 1 is 0.880 bits per heavy atom. The van der Waals surface area contributed by atoms with Gasteiger partial charge < -0.3 is 20.7 Å². The molecule has 75 heavy (non-hydrogen) atoms. The van der Waals surface area contributed by atoms with Gasteiger partial charge in [0.25, 0.3) is 0 Å². The highest BCUT2D eigenvalue weighted by Crippen LogP contribution is 2.65. The summed E-state index contributed by atoms with van der Waals surface area (Å²) in [6.45, 7) is 0.536. The molecule has 18 nitrogen and oxygen atoms in total. The molecule has 0 spiro atoms. The molecule has 370 valence electrons. The van der Waals surface area contributed by atoms with E-state index in [2.05, 4.69) is 53.1 Å². The molecule has 5 heterocycles. The van der Waals surface area contributed by atoms with Crippen LogP contribution in [0.3, 0.4) is 0 Å². The van der Waals surface area contributed by atoms with E-state index in [0.717, 1.165) is 82.0 Å². The first kappa shape index (κ1) is 47.2. The smallest absolute Gasteiger partial charge is 0.555 e. The Labute approximate surface area is 439 Å². The van der Waals surface area contributed by atoms with Crippen LogP contribution in [0.25, 0.3) is 44.0 Å². The molecule has 3 saturated carbocycles. The van der Waals surface area contributed by atoms with Crippen LogP contribution in [0.2, 0.25) is 10.0 Å². The van der Waals surface area contributed by atoms with Gasteiger partial charge in [-0.05, 0) is 138 Å².